The summed E-state index contributed by atoms with van der Waals surface area (Å²) in [6.07, 6.45) is 2.21. The Bertz CT molecular complexity index is 303. The van der Waals surface area contributed by atoms with Crippen molar-refractivity contribution in [3.05, 3.63) is 17.9 Å². The van der Waals surface area contributed by atoms with Gasteiger partial charge in [0.2, 0.25) is 0 Å². The number of hydrogen-bond acceptors (Lipinski definition) is 3. The van der Waals surface area contributed by atoms with Crippen LogP contribution in [0, 0.1) is 0 Å². The van der Waals surface area contributed by atoms with Gasteiger partial charge in [0.25, 0.3) is 0 Å². The molecule has 1 aliphatic rings. The first-order valence-electron chi connectivity index (χ1n) is 4.12. The number of anilines is 1. The van der Waals surface area contributed by atoms with E-state index in [1.54, 1.807) is 6.07 Å². The fourth-order valence-electron chi connectivity index (χ4n) is 1.64. The summed E-state index contributed by atoms with van der Waals surface area (Å²) in [6.45, 7) is 0. The molecule has 0 aromatic carbocycles. The third kappa shape index (κ3) is 1.22. The van der Waals surface area contributed by atoms with E-state index >= 15 is 0 Å². The second-order valence-electron chi connectivity index (χ2n) is 3.22. The standard InChI is InChI=1S/C9H11NO2/c10-9-4-3-8(12-9)6-1-2-7(11)5-6/h3-4,6H,1-2,5,10H2. The van der Waals surface area contributed by atoms with E-state index < -0.39 is 0 Å². The molecule has 1 aromatic heterocycles. The number of nitrogens with two attached hydrogens (primary N) is 1. The van der Waals surface area contributed by atoms with E-state index in [-0.39, 0.29) is 5.92 Å². The lowest BCUT2D eigenvalue weighted by Gasteiger charge is -2.01. The molecular weight excluding hydrogens is 154 g/mol. The van der Waals surface area contributed by atoms with Crippen molar-refractivity contribution in [2.75, 3.05) is 5.73 Å². The molecule has 0 radical (unpaired) electrons. The molecule has 0 spiro atoms. The largest absolute Gasteiger partial charge is 0.446 e. The third-order valence-corrected chi connectivity index (χ3v) is 2.30. The van der Waals surface area contributed by atoms with Crippen molar-refractivity contribution in [2.45, 2.75) is 25.2 Å². The minimum Gasteiger partial charge on any atom is -0.446 e. The number of carbonyl (C=O) groups is 1. The van der Waals surface area contributed by atoms with Crippen LogP contribution in [0.3, 0.4) is 0 Å². The Kier molecular flexibility index (Phi) is 1.64. The molecule has 0 aliphatic heterocycles. The van der Waals surface area contributed by atoms with Crippen LogP contribution in [0.25, 0.3) is 0 Å². The molecule has 3 nitrogen and oxygen atoms in total. The molecule has 2 rings (SSSR count). The average molecular weight is 165 g/mol. The van der Waals surface area contributed by atoms with Crippen LogP contribution < -0.4 is 5.73 Å². The molecule has 1 unspecified atom stereocenters. The Labute approximate surface area is 70.5 Å². The van der Waals surface area contributed by atoms with Crippen molar-refractivity contribution in [1.29, 1.82) is 0 Å². The zero-order valence-corrected chi connectivity index (χ0v) is 6.75. The summed E-state index contributed by atoms with van der Waals surface area (Å²) in [6, 6.07) is 3.59. The first-order chi connectivity index (χ1) is 5.75. The minimum absolute atomic E-state index is 0.273. The van der Waals surface area contributed by atoms with E-state index in [1.165, 1.54) is 0 Å². The third-order valence-electron chi connectivity index (χ3n) is 2.30. The highest BCUT2D eigenvalue weighted by Crippen LogP contribution is 2.33. The Morgan fingerprint density at radius 1 is 1.50 bits per heavy atom. The number of nitrogen functional groups attached to an aromatic ring is 1. The van der Waals surface area contributed by atoms with Crippen LogP contribution in [0.1, 0.15) is 30.9 Å². The Morgan fingerprint density at radius 2 is 2.33 bits per heavy atom. The van der Waals surface area contributed by atoms with Crippen molar-refractivity contribution >= 4 is 11.7 Å². The molecule has 1 aliphatic carbocycles. The van der Waals surface area contributed by atoms with Gasteiger partial charge in [0.05, 0.1) is 0 Å². The monoisotopic (exact) mass is 165 g/mol. The maximum absolute atomic E-state index is 11.0. The van der Waals surface area contributed by atoms with Crippen molar-refractivity contribution in [3.63, 3.8) is 0 Å². The first-order valence-corrected chi connectivity index (χ1v) is 4.12. The van der Waals surface area contributed by atoms with Crippen LogP contribution >= 0.6 is 0 Å². The molecular formula is C9H11NO2. The van der Waals surface area contributed by atoms with Gasteiger partial charge in [-0.2, -0.15) is 0 Å². The minimum atomic E-state index is 0.273. The molecule has 0 amide bonds. The SMILES string of the molecule is Nc1ccc(C2CCC(=O)C2)o1. The predicted octanol–water partition coefficient (Wildman–Crippen LogP) is 1.70. The van der Waals surface area contributed by atoms with Gasteiger partial charge in [0, 0.05) is 24.8 Å². The van der Waals surface area contributed by atoms with E-state index in [1.807, 2.05) is 6.07 Å². The van der Waals surface area contributed by atoms with Gasteiger partial charge in [0.1, 0.15) is 11.5 Å². The zero-order valence-electron chi connectivity index (χ0n) is 6.75. The van der Waals surface area contributed by atoms with Crippen LogP contribution in [0.5, 0.6) is 0 Å². The molecule has 3 heteroatoms. The van der Waals surface area contributed by atoms with Gasteiger partial charge in [-0.3, -0.25) is 4.79 Å². The number of carbonyl (C=O) groups excluding carboxylic acids is 1. The Balaban J connectivity index is 2.15. The Hall–Kier alpha value is -1.25. The topological polar surface area (TPSA) is 56.2 Å². The summed E-state index contributed by atoms with van der Waals surface area (Å²) in [5.41, 5.74) is 5.43. The summed E-state index contributed by atoms with van der Waals surface area (Å²) in [4.78, 5) is 11.0. The molecule has 64 valence electrons. The molecule has 1 aromatic rings. The Morgan fingerprint density at radius 3 is 2.83 bits per heavy atom. The number of rotatable bonds is 1. The highest BCUT2D eigenvalue weighted by Gasteiger charge is 2.25. The second-order valence-corrected chi connectivity index (χ2v) is 3.22. The summed E-state index contributed by atoms with van der Waals surface area (Å²) >= 11 is 0. The summed E-state index contributed by atoms with van der Waals surface area (Å²) < 4.78 is 5.24. The lowest BCUT2D eigenvalue weighted by Crippen LogP contribution is -1.91. The molecule has 2 N–H and O–H groups in total. The van der Waals surface area contributed by atoms with Gasteiger partial charge in [-0.25, -0.2) is 0 Å². The molecule has 1 saturated carbocycles. The lowest BCUT2D eigenvalue weighted by atomic mass is 10.1. The van der Waals surface area contributed by atoms with E-state index in [9.17, 15) is 4.79 Å². The van der Waals surface area contributed by atoms with Gasteiger partial charge < -0.3 is 10.2 Å². The number of hydrogen-bond donors (Lipinski definition) is 1. The fraction of sp³-hybridized carbons (Fsp3) is 0.444. The zero-order chi connectivity index (χ0) is 8.55. The maximum Gasteiger partial charge on any atom is 0.190 e. The number of furan rings is 1. The molecule has 1 atom stereocenters. The first kappa shape index (κ1) is 7.40. The molecule has 1 heterocycles. The summed E-state index contributed by atoms with van der Waals surface area (Å²) in [7, 11) is 0. The fourth-order valence-corrected chi connectivity index (χ4v) is 1.64. The van der Waals surface area contributed by atoms with Crippen molar-refractivity contribution in [1.82, 2.24) is 0 Å². The van der Waals surface area contributed by atoms with Gasteiger partial charge in [-0.05, 0) is 12.5 Å². The van der Waals surface area contributed by atoms with Crippen LogP contribution in [-0.4, -0.2) is 5.78 Å². The maximum atomic E-state index is 11.0. The van der Waals surface area contributed by atoms with Crippen LogP contribution in [0.2, 0.25) is 0 Å². The van der Waals surface area contributed by atoms with Crippen LogP contribution in [0.4, 0.5) is 5.88 Å². The second kappa shape index (κ2) is 2.66. The van der Waals surface area contributed by atoms with Crippen LogP contribution in [0.15, 0.2) is 16.5 Å². The van der Waals surface area contributed by atoms with Gasteiger partial charge in [-0.1, -0.05) is 0 Å². The van der Waals surface area contributed by atoms with E-state index in [0.717, 1.165) is 12.2 Å². The normalized spacial score (nSPS) is 23.3. The predicted molar refractivity (Wildman–Crippen MR) is 44.7 cm³/mol. The highest BCUT2D eigenvalue weighted by atomic mass is 16.4. The molecule has 0 bridgehead atoms. The molecule has 0 saturated heterocycles. The van der Waals surface area contributed by atoms with Crippen molar-refractivity contribution in [3.8, 4) is 0 Å². The molecule has 1 fully saturated rings. The van der Waals surface area contributed by atoms with Crippen LogP contribution in [-0.2, 0) is 4.79 Å². The van der Waals surface area contributed by atoms with Gasteiger partial charge in [0.15, 0.2) is 5.88 Å². The number of ketones is 1. The average Bonchev–Trinajstić information content (AvgIpc) is 2.58. The van der Waals surface area contributed by atoms with Gasteiger partial charge >= 0.3 is 0 Å². The van der Waals surface area contributed by atoms with E-state index in [4.69, 9.17) is 10.2 Å². The van der Waals surface area contributed by atoms with Crippen molar-refractivity contribution < 1.29 is 9.21 Å². The lowest BCUT2D eigenvalue weighted by molar-refractivity contribution is -0.117. The van der Waals surface area contributed by atoms with E-state index in [0.29, 0.717) is 24.5 Å². The van der Waals surface area contributed by atoms with E-state index in [2.05, 4.69) is 0 Å². The van der Waals surface area contributed by atoms with Gasteiger partial charge in [-0.15, -0.1) is 0 Å². The van der Waals surface area contributed by atoms with Crippen molar-refractivity contribution in [2.24, 2.45) is 0 Å². The quantitative estimate of drug-likeness (QED) is 0.689. The summed E-state index contributed by atoms with van der Waals surface area (Å²) in [5.74, 6) is 1.90. The number of Topliss-reactive ketones (excluding diaryl/α,β-unsaturated/α-hetero) is 1. The smallest absolute Gasteiger partial charge is 0.190 e. The highest BCUT2D eigenvalue weighted by molar-refractivity contribution is 5.81. The molecule has 12 heavy (non-hydrogen) atoms. The summed E-state index contributed by atoms with van der Waals surface area (Å²) in [5, 5.41) is 0.